The summed E-state index contributed by atoms with van der Waals surface area (Å²) in [5, 5.41) is 0. The fourth-order valence-corrected chi connectivity index (χ4v) is 2.67. The molecule has 2 aromatic rings. The van der Waals surface area contributed by atoms with Crippen LogP contribution in [0.15, 0.2) is 42.5 Å². The molecule has 0 amide bonds. The lowest BCUT2D eigenvalue weighted by Crippen LogP contribution is -2.41. The molecule has 0 saturated carbocycles. The van der Waals surface area contributed by atoms with Gasteiger partial charge in [0, 0.05) is 5.46 Å². The van der Waals surface area contributed by atoms with Gasteiger partial charge in [-0.05, 0) is 63.9 Å². The van der Waals surface area contributed by atoms with Gasteiger partial charge in [0.15, 0.2) is 0 Å². The van der Waals surface area contributed by atoms with E-state index in [9.17, 15) is 4.39 Å². The number of hydrogen-bond acceptors (Lipinski definition) is 3. The molecule has 0 N–H and O–H groups in total. The zero-order valence-corrected chi connectivity index (χ0v) is 15.4. The van der Waals surface area contributed by atoms with Crippen LogP contribution < -0.4 is 10.2 Å². The molecule has 2 aromatic carbocycles. The van der Waals surface area contributed by atoms with Crippen LogP contribution >= 0.6 is 0 Å². The van der Waals surface area contributed by atoms with Gasteiger partial charge in [-0.3, -0.25) is 0 Å². The van der Waals surface area contributed by atoms with E-state index in [2.05, 4.69) is 0 Å². The molecule has 0 aromatic heterocycles. The highest BCUT2D eigenvalue weighted by Crippen LogP contribution is 2.37. The van der Waals surface area contributed by atoms with E-state index in [1.54, 1.807) is 12.1 Å². The maximum atomic E-state index is 13.0. The molecule has 0 radical (unpaired) electrons. The molecule has 0 spiro atoms. The van der Waals surface area contributed by atoms with Gasteiger partial charge in [-0.1, -0.05) is 24.3 Å². The van der Waals surface area contributed by atoms with E-state index < -0.39 is 18.3 Å². The first-order valence-corrected chi connectivity index (χ1v) is 8.51. The van der Waals surface area contributed by atoms with E-state index in [-0.39, 0.29) is 5.82 Å². The third-order valence-corrected chi connectivity index (χ3v) is 4.98. The van der Waals surface area contributed by atoms with E-state index >= 15 is 0 Å². The van der Waals surface area contributed by atoms with E-state index in [0.717, 1.165) is 22.3 Å². The first-order valence-electron chi connectivity index (χ1n) is 8.51. The first-order chi connectivity index (χ1) is 11.7. The van der Waals surface area contributed by atoms with Gasteiger partial charge in [0.2, 0.25) is 0 Å². The topological polar surface area (TPSA) is 27.7 Å². The van der Waals surface area contributed by atoms with E-state index in [1.165, 1.54) is 12.1 Å². The Balaban J connectivity index is 1.83. The van der Waals surface area contributed by atoms with Gasteiger partial charge in [0.05, 0.1) is 11.2 Å². The molecule has 0 atom stereocenters. The average molecular weight is 342 g/mol. The SMILES string of the molecule is Cc1ccc(B2OC(C)(C)C(C)(C)O2)c(OCc2ccc(F)cc2)c1. The lowest BCUT2D eigenvalue weighted by atomic mass is 9.78. The molecule has 1 heterocycles. The third-order valence-electron chi connectivity index (χ3n) is 4.98. The van der Waals surface area contributed by atoms with Gasteiger partial charge in [-0.25, -0.2) is 4.39 Å². The van der Waals surface area contributed by atoms with Crippen molar-refractivity contribution < 1.29 is 18.4 Å². The molecule has 1 saturated heterocycles. The third kappa shape index (κ3) is 3.72. The highest BCUT2D eigenvalue weighted by Gasteiger charge is 2.52. The largest absolute Gasteiger partial charge is 0.498 e. The maximum absolute atomic E-state index is 13.0. The van der Waals surface area contributed by atoms with Crippen LogP contribution in [0.3, 0.4) is 0 Å². The Hall–Kier alpha value is -1.85. The van der Waals surface area contributed by atoms with Crippen LogP contribution in [0.2, 0.25) is 0 Å². The molecular weight excluding hydrogens is 318 g/mol. The van der Waals surface area contributed by atoms with E-state index in [0.29, 0.717) is 6.61 Å². The smallest absolute Gasteiger partial charge is 0.489 e. The number of ether oxygens (including phenoxy) is 1. The number of rotatable bonds is 4. The lowest BCUT2D eigenvalue weighted by molar-refractivity contribution is 0.00578. The monoisotopic (exact) mass is 342 g/mol. The number of halogens is 1. The molecule has 3 rings (SSSR count). The van der Waals surface area contributed by atoms with E-state index in [4.69, 9.17) is 14.0 Å². The minimum atomic E-state index is -0.478. The van der Waals surface area contributed by atoms with Crippen LogP contribution in [-0.4, -0.2) is 18.3 Å². The minimum Gasteiger partial charge on any atom is -0.489 e. The summed E-state index contributed by atoms with van der Waals surface area (Å²) in [5.41, 5.74) is 2.05. The second-order valence-electron chi connectivity index (χ2n) is 7.54. The Morgan fingerprint density at radius 1 is 0.960 bits per heavy atom. The quantitative estimate of drug-likeness (QED) is 0.786. The fraction of sp³-hybridized carbons (Fsp3) is 0.400. The Bertz CT molecular complexity index is 740. The highest BCUT2D eigenvalue weighted by molar-refractivity contribution is 6.63. The fourth-order valence-electron chi connectivity index (χ4n) is 2.67. The van der Waals surface area contributed by atoms with Crippen LogP contribution in [-0.2, 0) is 15.9 Å². The van der Waals surface area contributed by atoms with Gasteiger partial charge in [-0.15, -0.1) is 0 Å². The average Bonchev–Trinajstić information content (AvgIpc) is 2.75. The molecule has 1 aliphatic rings. The van der Waals surface area contributed by atoms with Crippen molar-refractivity contribution in [2.75, 3.05) is 0 Å². The summed E-state index contributed by atoms with van der Waals surface area (Å²) in [4.78, 5) is 0. The second kappa shape index (κ2) is 6.47. The van der Waals surface area contributed by atoms with Crippen molar-refractivity contribution in [3.63, 3.8) is 0 Å². The van der Waals surface area contributed by atoms with Gasteiger partial charge in [0.1, 0.15) is 18.2 Å². The second-order valence-corrected chi connectivity index (χ2v) is 7.54. The molecule has 0 unspecified atom stereocenters. The zero-order chi connectivity index (χ0) is 18.2. The summed E-state index contributed by atoms with van der Waals surface area (Å²) < 4.78 is 31.3. The standard InChI is InChI=1S/C20H24BFO3/c1-14-6-11-17(21-24-19(2,3)20(4,5)25-21)18(12-14)23-13-15-7-9-16(22)10-8-15/h6-12H,13H2,1-5H3. The summed E-state index contributed by atoms with van der Waals surface area (Å²) in [5.74, 6) is 0.472. The maximum Gasteiger partial charge on any atom is 0.498 e. The van der Waals surface area contributed by atoms with Crippen LogP contribution in [0.4, 0.5) is 4.39 Å². The molecule has 25 heavy (non-hydrogen) atoms. The van der Waals surface area contributed by atoms with Gasteiger partial charge >= 0.3 is 7.12 Å². The molecule has 3 nitrogen and oxygen atoms in total. The number of hydrogen-bond donors (Lipinski definition) is 0. The van der Waals surface area contributed by atoms with Crippen molar-refractivity contribution in [2.24, 2.45) is 0 Å². The van der Waals surface area contributed by atoms with Crippen molar-refractivity contribution in [1.82, 2.24) is 0 Å². The predicted molar refractivity (Wildman–Crippen MR) is 97.6 cm³/mol. The van der Waals surface area contributed by atoms with Crippen LogP contribution in [0.25, 0.3) is 0 Å². The van der Waals surface area contributed by atoms with Gasteiger partial charge in [0.25, 0.3) is 0 Å². The van der Waals surface area contributed by atoms with Gasteiger partial charge < -0.3 is 14.0 Å². The van der Waals surface area contributed by atoms with Crippen molar-refractivity contribution in [2.45, 2.75) is 52.4 Å². The van der Waals surface area contributed by atoms with Crippen molar-refractivity contribution >= 4 is 12.6 Å². The molecule has 132 valence electrons. The molecule has 1 aliphatic heterocycles. The summed E-state index contributed by atoms with van der Waals surface area (Å²) in [6, 6.07) is 12.3. The zero-order valence-electron chi connectivity index (χ0n) is 15.4. The predicted octanol–water partition coefficient (Wildman–Crippen LogP) is 4.01. The van der Waals surface area contributed by atoms with Crippen molar-refractivity contribution in [3.8, 4) is 5.75 Å². The Morgan fingerprint density at radius 2 is 1.56 bits per heavy atom. The van der Waals surface area contributed by atoms with E-state index in [1.807, 2.05) is 52.8 Å². The van der Waals surface area contributed by atoms with Crippen molar-refractivity contribution in [3.05, 3.63) is 59.4 Å². The molecular formula is C20H24BFO3. The Labute approximate surface area is 149 Å². The first kappa shape index (κ1) is 18.0. The molecule has 5 heteroatoms. The highest BCUT2D eigenvalue weighted by atomic mass is 19.1. The summed E-state index contributed by atoms with van der Waals surface area (Å²) in [6.45, 7) is 10.5. The van der Waals surface area contributed by atoms with Crippen LogP contribution in [0, 0.1) is 12.7 Å². The summed E-state index contributed by atoms with van der Waals surface area (Å²) in [6.07, 6.45) is 0. The molecule has 1 fully saturated rings. The lowest BCUT2D eigenvalue weighted by Gasteiger charge is -2.32. The number of aryl methyl sites for hydroxylation is 1. The van der Waals surface area contributed by atoms with Crippen molar-refractivity contribution in [1.29, 1.82) is 0 Å². The Kier molecular flexibility index (Phi) is 4.65. The van der Waals surface area contributed by atoms with Crippen LogP contribution in [0.1, 0.15) is 38.8 Å². The minimum absolute atomic E-state index is 0.253. The molecule has 0 bridgehead atoms. The summed E-state index contributed by atoms with van der Waals surface area (Å²) in [7, 11) is -0.478. The summed E-state index contributed by atoms with van der Waals surface area (Å²) >= 11 is 0. The molecule has 0 aliphatic carbocycles. The Morgan fingerprint density at radius 3 is 2.16 bits per heavy atom. The normalized spacial score (nSPS) is 18.4. The van der Waals surface area contributed by atoms with Crippen LogP contribution in [0.5, 0.6) is 5.75 Å². The van der Waals surface area contributed by atoms with Gasteiger partial charge in [-0.2, -0.15) is 0 Å². The number of benzene rings is 2.